The summed E-state index contributed by atoms with van der Waals surface area (Å²) in [5, 5.41) is 3.72. The van der Waals surface area contributed by atoms with Crippen LogP contribution < -0.4 is 0 Å². The molecule has 86 valence electrons. The Hall–Kier alpha value is -2.06. The van der Waals surface area contributed by atoms with E-state index in [9.17, 15) is 0 Å². The van der Waals surface area contributed by atoms with Gasteiger partial charge in [-0.3, -0.25) is 4.98 Å². The molecule has 3 heteroatoms. The van der Waals surface area contributed by atoms with Gasteiger partial charge in [0, 0.05) is 22.4 Å². The van der Waals surface area contributed by atoms with Crippen molar-refractivity contribution >= 4 is 44.4 Å². The summed E-state index contributed by atoms with van der Waals surface area (Å²) in [4.78, 5) is 4.49. The molecule has 4 rings (SSSR count). The first-order valence-electron chi connectivity index (χ1n) is 5.69. The maximum absolute atomic E-state index is 6.16. The van der Waals surface area contributed by atoms with Gasteiger partial charge >= 0.3 is 0 Å². The van der Waals surface area contributed by atoms with Gasteiger partial charge in [-0.25, -0.2) is 0 Å². The van der Waals surface area contributed by atoms with Crippen LogP contribution >= 0.6 is 11.6 Å². The molecule has 0 N–H and O–H groups in total. The molecule has 0 aliphatic rings. The second kappa shape index (κ2) is 3.47. The molecule has 0 spiro atoms. The van der Waals surface area contributed by atoms with Crippen molar-refractivity contribution in [1.82, 2.24) is 4.98 Å². The fourth-order valence-corrected chi connectivity index (χ4v) is 2.55. The van der Waals surface area contributed by atoms with Crippen molar-refractivity contribution in [2.45, 2.75) is 0 Å². The first-order chi connectivity index (χ1) is 8.84. The highest BCUT2D eigenvalue weighted by atomic mass is 35.5. The van der Waals surface area contributed by atoms with Gasteiger partial charge in [0.25, 0.3) is 0 Å². The smallest absolute Gasteiger partial charge is 0.161 e. The van der Waals surface area contributed by atoms with Gasteiger partial charge in [-0.05, 0) is 12.1 Å². The SMILES string of the molecule is Clc1cccc2c1oc1c3ccccc3cnc21. The molecule has 0 saturated carbocycles. The van der Waals surface area contributed by atoms with Crippen molar-refractivity contribution in [3.05, 3.63) is 53.7 Å². The molecule has 4 aromatic rings. The van der Waals surface area contributed by atoms with Crippen LogP contribution in [0, 0.1) is 0 Å². The number of para-hydroxylation sites is 1. The average molecular weight is 254 g/mol. The maximum atomic E-state index is 6.16. The van der Waals surface area contributed by atoms with E-state index in [2.05, 4.69) is 4.98 Å². The molecule has 2 aromatic carbocycles. The average Bonchev–Trinajstić information content (AvgIpc) is 2.79. The molecule has 0 fully saturated rings. The highest BCUT2D eigenvalue weighted by Crippen LogP contribution is 2.35. The summed E-state index contributed by atoms with van der Waals surface area (Å²) in [7, 11) is 0. The lowest BCUT2D eigenvalue weighted by atomic mass is 10.1. The Morgan fingerprint density at radius 3 is 2.67 bits per heavy atom. The van der Waals surface area contributed by atoms with Gasteiger partial charge in [-0.1, -0.05) is 41.9 Å². The molecule has 2 heterocycles. The second-order valence-corrected chi connectivity index (χ2v) is 4.65. The Balaban J connectivity index is 2.33. The molecule has 2 aromatic heterocycles. The lowest BCUT2D eigenvalue weighted by Crippen LogP contribution is -1.77. The quantitative estimate of drug-likeness (QED) is 0.450. The lowest BCUT2D eigenvalue weighted by Gasteiger charge is -1.96. The molecule has 0 aliphatic carbocycles. The van der Waals surface area contributed by atoms with Crippen molar-refractivity contribution < 1.29 is 4.42 Å². The number of hydrogen-bond acceptors (Lipinski definition) is 2. The fourth-order valence-electron chi connectivity index (χ4n) is 2.33. The highest BCUT2D eigenvalue weighted by Gasteiger charge is 2.12. The van der Waals surface area contributed by atoms with E-state index in [0.717, 1.165) is 27.3 Å². The lowest BCUT2D eigenvalue weighted by molar-refractivity contribution is 0.672. The van der Waals surface area contributed by atoms with E-state index < -0.39 is 0 Å². The molecule has 0 radical (unpaired) electrons. The minimum Gasteiger partial charge on any atom is -0.452 e. The van der Waals surface area contributed by atoms with E-state index >= 15 is 0 Å². The van der Waals surface area contributed by atoms with Crippen molar-refractivity contribution in [2.24, 2.45) is 0 Å². The number of furan rings is 1. The number of aromatic nitrogens is 1. The largest absolute Gasteiger partial charge is 0.452 e. The first-order valence-corrected chi connectivity index (χ1v) is 6.07. The van der Waals surface area contributed by atoms with E-state index in [4.69, 9.17) is 16.0 Å². The van der Waals surface area contributed by atoms with Crippen molar-refractivity contribution in [1.29, 1.82) is 0 Å². The number of benzene rings is 2. The zero-order chi connectivity index (χ0) is 12.1. The Kier molecular flexibility index (Phi) is 1.91. The summed E-state index contributed by atoms with van der Waals surface area (Å²) in [6.07, 6.45) is 1.87. The van der Waals surface area contributed by atoms with Crippen LogP contribution in [0.4, 0.5) is 0 Å². The number of nitrogens with zero attached hydrogens (tertiary/aromatic N) is 1. The topological polar surface area (TPSA) is 26.0 Å². The highest BCUT2D eigenvalue weighted by molar-refractivity contribution is 6.36. The third-order valence-electron chi connectivity index (χ3n) is 3.18. The Labute approximate surface area is 108 Å². The van der Waals surface area contributed by atoms with Crippen molar-refractivity contribution in [3.63, 3.8) is 0 Å². The van der Waals surface area contributed by atoms with Crippen LogP contribution in [0.1, 0.15) is 0 Å². The summed E-state index contributed by atoms with van der Waals surface area (Å²) in [5.74, 6) is 0. The second-order valence-electron chi connectivity index (χ2n) is 4.24. The van der Waals surface area contributed by atoms with E-state index in [1.807, 2.05) is 48.7 Å². The van der Waals surface area contributed by atoms with Crippen molar-refractivity contribution in [3.8, 4) is 0 Å². The Bertz CT molecular complexity index is 895. The third kappa shape index (κ3) is 1.21. The van der Waals surface area contributed by atoms with Crippen LogP contribution in [-0.2, 0) is 0 Å². The molecule has 2 nitrogen and oxygen atoms in total. The molecule has 0 bridgehead atoms. The predicted molar refractivity (Wildman–Crippen MR) is 74.0 cm³/mol. The van der Waals surface area contributed by atoms with Gasteiger partial charge in [0.05, 0.1) is 5.02 Å². The van der Waals surface area contributed by atoms with Gasteiger partial charge in [-0.15, -0.1) is 0 Å². The van der Waals surface area contributed by atoms with E-state index in [1.165, 1.54) is 0 Å². The van der Waals surface area contributed by atoms with Crippen molar-refractivity contribution in [2.75, 3.05) is 0 Å². The third-order valence-corrected chi connectivity index (χ3v) is 3.48. The summed E-state index contributed by atoms with van der Waals surface area (Å²) in [6, 6.07) is 13.8. The maximum Gasteiger partial charge on any atom is 0.161 e. The zero-order valence-electron chi connectivity index (χ0n) is 9.35. The van der Waals surface area contributed by atoms with E-state index in [1.54, 1.807) is 0 Å². The van der Waals surface area contributed by atoms with Gasteiger partial charge in [0.2, 0.25) is 0 Å². The van der Waals surface area contributed by atoms with Crippen LogP contribution in [0.15, 0.2) is 53.1 Å². The summed E-state index contributed by atoms with van der Waals surface area (Å²) in [6.45, 7) is 0. The van der Waals surface area contributed by atoms with Crippen LogP contribution in [0.5, 0.6) is 0 Å². The van der Waals surface area contributed by atoms with Gasteiger partial charge in [0.15, 0.2) is 11.2 Å². The fraction of sp³-hybridized carbons (Fsp3) is 0. The predicted octanol–water partition coefficient (Wildman–Crippen LogP) is 4.79. The van der Waals surface area contributed by atoms with E-state index in [-0.39, 0.29) is 0 Å². The number of fused-ring (bicyclic) bond motifs is 5. The van der Waals surface area contributed by atoms with Crippen LogP contribution in [0.25, 0.3) is 32.8 Å². The summed E-state index contributed by atoms with van der Waals surface area (Å²) < 4.78 is 5.90. The monoisotopic (exact) mass is 253 g/mol. The molecular weight excluding hydrogens is 246 g/mol. The van der Waals surface area contributed by atoms with Crippen LogP contribution in [0.2, 0.25) is 5.02 Å². The number of halogens is 1. The molecule has 18 heavy (non-hydrogen) atoms. The molecule has 0 unspecified atom stereocenters. The van der Waals surface area contributed by atoms with E-state index in [0.29, 0.717) is 10.6 Å². The minimum atomic E-state index is 0.620. The minimum absolute atomic E-state index is 0.620. The Morgan fingerprint density at radius 1 is 0.889 bits per heavy atom. The van der Waals surface area contributed by atoms with Gasteiger partial charge < -0.3 is 4.42 Å². The Morgan fingerprint density at radius 2 is 1.72 bits per heavy atom. The first kappa shape index (κ1) is 9.92. The van der Waals surface area contributed by atoms with Crippen LogP contribution in [0.3, 0.4) is 0 Å². The van der Waals surface area contributed by atoms with Gasteiger partial charge in [0.1, 0.15) is 5.52 Å². The molecule has 0 amide bonds. The summed E-state index contributed by atoms with van der Waals surface area (Å²) in [5.41, 5.74) is 2.38. The van der Waals surface area contributed by atoms with Crippen LogP contribution in [-0.4, -0.2) is 4.98 Å². The van der Waals surface area contributed by atoms with Gasteiger partial charge in [-0.2, -0.15) is 0 Å². The standard InChI is InChI=1S/C15H8ClNO/c16-12-7-3-6-11-13-15(18-14(11)12)10-5-2-1-4-9(10)8-17-13/h1-8H. The summed E-state index contributed by atoms with van der Waals surface area (Å²) >= 11 is 6.16. The number of pyridine rings is 1. The molecule has 0 aliphatic heterocycles. The molecule has 0 atom stereocenters. The molecule has 0 saturated heterocycles. The molecular formula is C15H8ClNO. The zero-order valence-corrected chi connectivity index (χ0v) is 10.1. The normalized spacial score (nSPS) is 11.6. The number of hydrogen-bond donors (Lipinski definition) is 0. The number of rotatable bonds is 0.